The highest BCUT2D eigenvalue weighted by atomic mass is 35.5. The summed E-state index contributed by atoms with van der Waals surface area (Å²) in [6.45, 7) is 4.65. The summed E-state index contributed by atoms with van der Waals surface area (Å²) >= 11 is 11.4. The number of aromatic nitrogens is 1. The molecule has 3 nitrogen and oxygen atoms in total. The molecule has 0 aromatic carbocycles. The molecule has 0 aliphatic carbocycles. The van der Waals surface area contributed by atoms with Crippen LogP contribution in [-0.2, 0) is 4.74 Å². The number of hydrogen-bond acceptors (Lipinski definition) is 3. The van der Waals surface area contributed by atoms with E-state index < -0.39 is 5.97 Å². The number of pyridine rings is 1. The van der Waals surface area contributed by atoms with Crippen LogP contribution in [0.15, 0.2) is 12.1 Å². The van der Waals surface area contributed by atoms with E-state index in [9.17, 15) is 4.79 Å². The van der Waals surface area contributed by atoms with Crippen LogP contribution in [0, 0.1) is 5.92 Å². The maximum Gasteiger partial charge on any atom is 0.341 e. The van der Waals surface area contributed by atoms with Gasteiger partial charge in [0.15, 0.2) is 0 Å². The topological polar surface area (TPSA) is 39.2 Å². The molecule has 94 valence electrons. The van der Waals surface area contributed by atoms with E-state index in [0.29, 0.717) is 12.5 Å². The maximum atomic E-state index is 11.6. The zero-order valence-corrected chi connectivity index (χ0v) is 11.4. The molecule has 1 aromatic rings. The molecule has 0 atom stereocenters. The summed E-state index contributed by atoms with van der Waals surface area (Å²) in [5.74, 6) is 0.150. The Hall–Kier alpha value is -0.800. The Morgan fingerprint density at radius 3 is 2.71 bits per heavy atom. The Morgan fingerprint density at radius 2 is 2.12 bits per heavy atom. The van der Waals surface area contributed by atoms with E-state index in [2.05, 4.69) is 18.8 Å². The molecule has 1 rings (SSSR count). The van der Waals surface area contributed by atoms with Gasteiger partial charge >= 0.3 is 5.97 Å². The van der Waals surface area contributed by atoms with Gasteiger partial charge in [0.2, 0.25) is 0 Å². The first-order chi connectivity index (χ1) is 8.00. The molecule has 0 aliphatic rings. The number of nitrogens with zero attached hydrogens (tertiary/aromatic N) is 1. The van der Waals surface area contributed by atoms with Gasteiger partial charge in [-0.2, -0.15) is 0 Å². The summed E-state index contributed by atoms with van der Waals surface area (Å²) in [6, 6.07) is 3.03. The number of halogens is 2. The van der Waals surface area contributed by atoms with Gasteiger partial charge in [0.05, 0.1) is 12.2 Å². The van der Waals surface area contributed by atoms with Crippen LogP contribution in [0.5, 0.6) is 0 Å². The minimum Gasteiger partial charge on any atom is -0.462 e. The van der Waals surface area contributed by atoms with Gasteiger partial charge in [-0.25, -0.2) is 9.78 Å². The van der Waals surface area contributed by atoms with Crippen molar-refractivity contribution < 1.29 is 9.53 Å². The van der Waals surface area contributed by atoms with E-state index in [1.165, 1.54) is 12.1 Å². The molecule has 0 radical (unpaired) electrons. The standard InChI is InChI=1S/C12H15Cl2NO2/c1-8(2)4-3-7-17-12(16)9-5-6-10(13)15-11(9)14/h5-6,8H,3-4,7H2,1-2H3. The average Bonchev–Trinajstić information content (AvgIpc) is 2.23. The lowest BCUT2D eigenvalue weighted by molar-refractivity contribution is 0.0494. The van der Waals surface area contributed by atoms with E-state index in [1.807, 2.05) is 0 Å². The first kappa shape index (κ1) is 14.3. The molecule has 1 heterocycles. The quantitative estimate of drug-likeness (QED) is 0.464. The highest BCUT2D eigenvalue weighted by Crippen LogP contribution is 2.17. The van der Waals surface area contributed by atoms with Crippen LogP contribution >= 0.6 is 23.2 Å². The fourth-order valence-corrected chi connectivity index (χ4v) is 1.72. The molecule has 1 aromatic heterocycles. The summed E-state index contributed by atoms with van der Waals surface area (Å²) in [7, 11) is 0. The second kappa shape index (κ2) is 6.82. The molecular formula is C12H15Cl2NO2. The fourth-order valence-electron chi connectivity index (χ4n) is 1.30. The highest BCUT2D eigenvalue weighted by Gasteiger charge is 2.13. The van der Waals surface area contributed by atoms with Crippen molar-refractivity contribution in [3.05, 3.63) is 28.0 Å². The predicted molar refractivity (Wildman–Crippen MR) is 68.6 cm³/mol. The number of esters is 1. The SMILES string of the molecule is CC(C)CCCOC(=O)c1ccc(Cl)nc1Cl. The Labute approximate surface area is 111 Å². The van der Waals surface area contributed by atoms with Crippen molar-refractivity contribution in [3.63, 3.8) is 0 Å². The molecular weight excluding hydrogens is 261 g/mol. The number of rotatable bonds is 5. The third-order valence-electron chi connectivity index (χ3n) is 2.19. The van der Waals surface area contributed by atoms with Gasteiger partial charge in [-0.3, -0.25) is 0 Å². The summed E-state index contributed by atoms with van der Waals surface area (Å²) < 4.78 is 5.09. The van der Waals surface area contributed by atoms with Gasteiger partial charge in [0.1, 0.15) is 10.3 Å². The molecule has 0 N–H and O–H groups in total. The van der Waals surface area contributed by atoms with Crippen molar-refractivity contribution in [1.29, 1.82) is 0 Å². The van der Waals surface area contributed by atoms with Gasteiger partial charge in [-0.15, -0.1) is 0 Å². The zero-order chi connectivity index (χ0) is 12.8. The molecule has 0 bridgehead atoms. The third-order valence-corrected chi connectivity index (χ3v) is 2.69. The Balaban J connectivity index is 2.47. The number of carbonyl (C=O) groups excluding carboxylic acids is 1. The van der Waals surface area contributed by atoms with Crippen molar-refractivity contribution in [3.8, 4) is 0 Å². The Bertz CT molecular complexity index is 394. The van der Waals surface area contributed by atoms with Crippen molar-refractivity contribution in [2.24, 2.45) is 5.92 Å². The molecule has 0 saturated heterocycles. The van der Waals surface area contributed by atoms with Crippen LogP contribution in [0.1, 0.15) is 37.0 Å². The van der Waals surface area contributed by atoms with E-state index >= 15 is 0 Å². The van der Waals surface area contributed by atoms with Gasteiger partial charge in [-0.1, -0.05) is 37.0 Å². The zero-order valence-electron chi connectivity index (χ0n) is 9.87. The summed E-state index contributed by atoms with van der Waals surface area (Å²) in [5.41, 5.74) is 0.251. The van der Waals surface area contributed by atoms with Gasteiger partial charge < -0.3 is 4.74 Å². The Morgan fingerprint density at radius 1 is 1.41 bits per heavy atom. The minimum absolute atomic E-state index is 0.0753. The lowest BCUT2D eigenvalue weighted by Gasteiger charge is -2.07. The summed E-state index contributed by atoms with van der Waals surface area (Å²) in [4.78, 5) is 15.4. The predicted octanol–water partition coefficient (Wildman–Crippen LogP) is 3.98. The van der Waals surface area contributed by atoms with Crippen LogP contribution in [0.3, 0.4) is 0 Å². The van der Waals surface area contributed by atoms with Crippen LogP contribution < -0.4 is 0 Å². The van der Waals surface area contributed by atoms with E-state index in [1.54, 1.807) is 0 Å². The van der Waals surface area contributed by atoms with E-state index in [4.69, 9.17) is 27.9 Å². The van der Waals surface area contributed by atoms with Crippen molar-refractivity contribution in [2.45, 2.75) is 26.7 Å². The molecule has 5 heteroatoms. The normalized spacial score (nSPS) is 10.6. The second-order valence-electron chi connectivity index (χ2n) is 4.14. The van der Waals surface area contributed by atoms with E-state index in [0.717, 1.165) is 12.8 Å². The average molecular weight is 276 g/mol. The number of ether oxygens (including phenoxy) is 1. The molecule has 0 spiro atoms. The van der Waals surface area contributed by atoms with Crippen molar-refractivity contribution in [1.82, 2.24) is 4.98 Å². The molecule has 0 saturated carbocycles. The smallest absolute Gasteiger partial charge is 0.341 e. The monoisotopic (exact) mass is 275 g/mol. The van der Waals surface area contributed by atoms with Crippen LogP contribution in [0.4, 0.5) is 0 Å². The second-order valence-corrected chi connectivity index (χ2v) is 4.89. The maximum absolute atomic E-state index is 11.6. The molecule has 0 fully saturated rings. The first-order valence-corrected chi connectivity index (χ1v) is 6.25. The molecule has 0 aliphatic heterocycles. The first-order valence-electron chi connectivity index (χ1n) is 5.50. The lowest BCUT2D eigenvalue weighted by Crippen LogP contribution is -2.08. The lowest BCUT2D eigenvalue weighted by atomic mass is 10.1. The summed E-state index contributed by atoms with van der Waals surface area (Å²) in [5, 5.41) is 0.331. The number of hydrogen-bond donors (Lipinski definition) is 0. The van der Waals surface area contributed by atoms with Crippen molar-refractivity contribution in [2.75, 3.05) is 6.61 Å². The third kappa shape index (κ3) is 4.92. The van der Waals surface area contributed by atoms with Crippen LogP contribution in [-0.4, -0.2) is 17.6 Å². The van der Waals surface area contributed by atoms with E-state index in [-0.39, 0.29) is 15.9 Å². The summed E-state index contributed by atoms with van der Waals surface area (Å²) in [6.07, 6.45) is 1.88. The van der Waals surface area contributed by atoms with Gasteiger partial charge in [-0.05, 0) is 30.9 Å². The van der Waals surface area contributed by atoms with Crippen molar-refractivity contribution >= 4 is 29.2 Å². The molecule has 0 amide bonds. The van der Waals surface area contributed by atoms with Crippen LogP contribution in [0.25, 0.3) is 0 Å². The highest BCUT2D eigenvalue weighted by molar-refractivity contribution is 6.34. The molecule has 0 unspecified atom stereocenters. The fraction of sp³-hybridized carbons (Fsp3) is 0.500. The Kier molecular flexibility index (Phi) is 5.72. The molecule has 17 heavy (non-hydrogen) atoms. The van der Waals surface area contributed by atoms with Crippen LogP contribution in [0.2, 0.25) is 10.3 Å². The van der Waals surface area contributed by atoms with Gasteiger partial charge in [0.25, 0.3) is 0 Å². The van der Waals surface area contributed by atoms with Gasteiger partial charge in [0, 0.05) is 0 Å². The minimum atomic E-state index is -0.456. The number of carbonyl (C=O) groups is 1. The largest absolute Gasteiger partial charge is 0.462 e.